The van der Waals surface area contributed by atoms with Crippen LogP contribution in [0, 0.1) is 11.3 Å². The van der Waals surface area contributed by atoms with Crippen LogP contribution in [0.15, 0.2) is 11.8 Å². The summed E-state index contributed by atoms with van der Waals surface area (Å²) >= 11 is 0. The number of rotatable bonds is 5. The monoisotopic (exact) mass is 181 g/mol. The Balaban J connectivity index is 4.21. The molecule has 0 saturated carbocycles. The molecule has 0 saturated heterocycles. The standard InChI is InChI=1S/C10H19NSi/c1-4-12(5-2,6-3)10-8-7-9-11/h8,10H,4-7H2,1-3H3/b10-8+. The quantitative estimate of drug-likeness (QED) is 0.595. The van der Waals surface area contributed by atoms with Gasteiger partial charge in [0.25, 0.3) is 0 Å². The Labute approximate surface area is 77.1 Å². The predicted octanol–water partition coefficient (Wildman–Crippen LogP) is 3.50. The summed E-state index contributed by atoms with van der Waals surface area (Å²) in [7, 11) is -1.09. The second-order valence-electron chi connectivity index (χ2n) is 3.19. The van der Waals surface area contributed by atoms with E-state index >= 15 is 0 Å². The molecule has 0 aliphatic carbocycles. The third-order valence-electron chi connectivity index (χ3n) is 2.79. The molecule has 0 heterocycles. The van der Waals surface area contributed by atoms with Gasteiger partial charge in [0.05, 0.1) is 20.6 Å². The van der Waals surface area contributed by atoms with Crippen LogP contribution in [0.1, 0.15) is 27.2 Å². The first-order valence-electron chi connectivity index (χ1n) is 4.79. The summed E-state index contributed by atoms with van der Waals surface area (Å²) < 4.78 is 0. The number of nitriles is 1. The van der Waals surface area contributed by atoms with Gasteiger partial charge in [0.15, 0.2) is 0 Å². The maximum absolute atomic E-state index is 8.40. The maximum atomic E-state index is 8.40. The zero-order chi connectivity index (χ0) is 9.45. The molecular weight excluding hydrogens is 162 g/mol. The van der Waals surface area contributed by atoms with Crippen LogP contribution in [0.2, 0.25) is 18.1 Å². The van der Waals surface area contributed by atoms with Gasteiger partial charge in [-0.15, -0.1) is 0 Å². The zero-order valence-electron chi connectivity index (χ0n) is 8.43. The first-order chi connectivity index (χ1) is 5.74. The Morgan fingerprint density at radius 2 is 1.67 bits per heavy atom. The topological polar surface area (TPSA) is 23.8 Å². The first kappa shape index (κ1) is 11.4. The molecule has 0 aromatic heterocycles. The van der Waals surface area contributed by atoms with Crippen molar-refractivity contribution in [3.8, 4) is 6.07 Å². The highest BCUT2D eigenvalue weighted by atomic mass is 28.3. The molecule has 0 rings (SSSR count). The summed E-state index contributed by atoms with van der Waals surface area (Å²) in [5.41, 5.74) is 2.36. The van der Waals surface area contributed by atoms with Gasteiger partial charge in [-0.1, -0.05) is 50.7 Å². The smallest absolute Gasteiger partial charge is 0.0766 e. The van der Waals surface area contributed by atoms with Gasteiger partial charge in [-0.05, 0) is 0 Å². The molecule has 0 atom stereocenters. The van der Waals surface area contributed by atoms with Crippen molar-refractivity contribution in [3.05, 3.63) is 11.8 Å². The Morgan fingerprint density at radius 3 is 2.00 bits per heavy atom. The first-order valence-corrected chi connectivity index (χ1v) is 7.49. The summed E-state index contributed by atoms with van der Waals surface area (Å²) in [5.74, 6) is 0. The zero-order valence-corrected chi connectivity index (χ0v) is 9.43. The van der Waals surface area contributed by atoms with Crippen LogP contribution in [0.25, 0.3) is 0 Å². The molecule has 2 heteroatoms. The van der Waals surface area contributed by atoms with Crippen molar-refractivity contribution in [2.75, 3.05) is 0 Å². The van der Waals surface area contributed by atoms with E-state index in [0.29, 0.717) is 6.42 Å². The number of nitrogens with zero attached hydrogens (tertiary/aromatic N) is 1. The van der Waals surface area contributed by atoms with Crippen molar-refractivity contribution in [3.63, 3.8) is 0 Å². The molecule has 0 N–H and O–H groups in total. The van der Waals surface area contributed by atoms with E-state index in [4.69, 9.17) is 5.26 Å². The molecule has 0 spiro atoms. The molecule has 68 valence electrons. The molecule has 0 fully saturated rings. The van der Waals surface area contributed by atoms with E-state index in [1.807, 2.05) is 0 Å². The second kappa shape index (κ2) is 6.02. The molecule has 0 aliphatic heterocycles. The van der Waals surface area contributed by atoms with Crippen LogP contribution in [-0.4, -0.2) is 8.07 Å². The molecule has 0 amide bonds. The minimum absolute atomic E-state index is 0.578. The number of hydrogen-bond acceptors (Lipinski definition) is 1. The van der Waals surface area contributed by atoms with E-state index in [-0.39, 0.29) is 0 Å². The number of hydrogen-bond donors (Lipinski definition) is 0. The average Bonchev–Trinajstić information content (AvgIpc) is 2.14. The Bertz CT molecular complexity index is 167. The summed E-state index contributed by atoms with van der Waals surface area (Å²) in [5, 5.41) is 8.40. The normalized spacial score (nSPS) is 11.8. The second-order valence-corrected chi connectivity index (χ2v) is 8.37. The fourth-order valence-corrected chi connectivity index (χ4v) is 4.29. The molecule has 0 unspecified atom stereocenters. The Hall–Kier alpha value is -0.553. The third kappa shape index (κ3) is 3.23. The van der Waals surface area contributed by atoms with Crippen molar-refractivity contribution < 1.29 is 0 Å². The highest BCUT2D eigenvalue weighted by Crippen LogP contribution is 2.21. The largest absolute Gasteiger partial charge is 0.198 e. The van der Waals surface area contributed by atoms with E-state index in [1.165, 1.54) is 18.1 Å². The summed E-state index contributed by atoms with van der Waals surface area (Å²) in [4.78, 5) is 0. The molecule has 0 aromatic rings. The highest BCUT2D eigenvalue weighted by Gasteiger charge is 2.22. The van der Waals surface area contributed by atoms with E-state index < -0.39 is 8.07 Å². The Morgan fingerprint density at radius 1 is 1.17 bits per heavy atom. The molecule has 0 aliphatic rings. The lowest BCUT2D eigenvalue weighted by molar-refractivity contribution is 1.19. The van der Waals surface area contributed by atoms with Crippen molar-refractivity contribution in [1.82, 2.24) is 0 Å². The van der Waals surface area contributed by atoms with Crippen LogP contribution in [-0.2, 0) is 0 Å². The maximum Gasteiger partial charge on any atom is 0.0766 e. The van der Waals surface area contributed by atoms with Crippen molar-refractivity contribution >= 4 is 8.07 Å². The van der Waals surface area contributed by atoms with E-state index in [2.05, 4.69) is 38.6 Å². The highest BCUT2D eigenvalue weighted by molar-refractivity contribution is 6.84. The average molecular weight is 181 g/mol. The summed E-state index contributed by atoms with van der Waals surface area (Å²) in [6, 6.07) is 6.07. The van der Waals surface area contributed by atoms with E-state index in [9.17, 15) is 0 Å². The molecule has 1 nitrogen and oxygen atoms in total. The van der Waals surface area contributed by atoms with Gasteiger partial charge < -0.3 is 0 Å². The Kier molecular flexibility index (Phi) is 5.74. The fourth-order valence-electron chi connectivity index (χ4n) is 1.47. The third-order valence-corrected chi connectivity index (χ3v) is 7.96. The van der Waals surface area contributed by atoms with Gasteiger partial charge in [-0.3, -0.25) is 0 Å². The van der Waals surface area contributed by atoms with Crippen molar-refractivity contribution in [2.45, 2.75) is 45.3 Å². The van der Waals surface area contributed by atoms with E-state index in [0.717, 1.165) is 0 Å². The molecule has 0 aromatic carbocycles. The predicted molar refractivity (Wildman–Crippen MR) is 56.6 cm³/mol. The molecular formula is C10H19NSi. The minimum Gasteiger partial charge on any atom is -0.198 e. The van der Waals surface area contributed by atoms with Crippen molar-refractivity contribution in [1.29, 1.82) is 5.26 Å². The van der Waals surface area contributed by atoms with Gasteiger partial charge >= 0.3 is 0 Å². The van der Waals surface area contributed by atoms with Crippen molar-refractivity contribution in [2.24, 2.45) is 0 Å². The van der Waals surface area contributed by atoms with E-state index in [1.54, 1.807) is 0 Å². The summed E-state index contributed by atoms with van der Waals surface area (Å²) in [6.45, 7) is 6.82. The lowest BCUT2D eigenvalue weighted by Crippen LogP contribution is -2.28. The van der Waals surface area contributed by atoms with Crippen LogP contribution < -0.4 is 0 Å². The number of allylic oxidation sites excluding steroid dienone is 1. The van der Waals surface area contributed by atoms with Crippen LogP contribution in [0.5, 0.6) is 0 Å². The molecule has 0 bridgehead atoms. The van der Waals surface area contributed by atoms with Gasteiger partial charge in [0.1, 0.15) is 0 Å². The SMILES string of the molecule is CC[Si](/C=C/CC#N)(CC)CC. The lowest BCUT2D eigenvalue weighted by Gasteiger charge is -2.23. The van der Waals surface area contributed by atoms with Crippen LogP contribution in [0.3, 0.4) is 0 Å². The lowest BCUT2D eigenvalue weighted by atomic mass is 10.5. The van der Waals surface area contributed by atoms with Gasteiger partial charge in [0, 0.05) is 0 Å². The van der Waals surface area contributed by atoms with Gasteiger partial charge in [-0.25, -0.2) is 0 Å². The van der Waals surface area contributed by atoms with Crippen LogP contribution in [0.4, 0.5) is 0 Å². The fraction of sp³-hybridized carbons (Fsp3) is 0.700. The van der Waals surface area contributed by atoms with Gasteiger partial charge in [-0.2, -0.15) is 5.26 Å². The molecule has 12 heavy (non-hydrogen) atoms. The van der Waals surface area contributed by atoms with Crippen LogP contribution >= 0.6 is 0 Å². The minimum atomic E-state index is -1.09. The summed E-state index contributed by atoms with van der Waals surface area (Å²) in [6.07, 6.45) is 2.64. The molecule has 0 radical (unpaired) electrons. The van der Waals surface area contributed by atoms with Gasteiger partial charge in [0.2, 0.25) is 0 Å².